The number of rotatable bonds is 6. The number of hydrogen-bond donors (Lipinski definition) is 0. The molecule has 0 heterocycles. The second-order valence-corrected chi connectivity index (χ2v) is 4.71. The predicted octanol–water partition coefficient (Wildman–Crippen LogP) is 4.39. The summed E-state index contributed by atoms with van der Waals surface area (Å²) in [4.78, 5) is 23.7. The molecule has 98 valence electrons. The van der Waals surface area contributed by atoms with Crippen molar-refractivity contribution in [3.05, 3.63) is 34.9 Å². The fourth-order valence-corrected chi connectivity index (χ4v) is 1.90. The molecule has 1 aromatic rings. The minimum Gasteiger partial charge on any atom is -0.294 e. The van der Waals surface area contributed by atoms with Crippen molar-refractivity contribution in [1.29, 1.82) is 0 Å². The van der Waals surface area contributed by atoms with Crippen LogP contribution in [0.25, 0.3) is 0 Å². The van der Waals surface area contributed by atoms with Crippen molar-refractivity contribution in [1.82, 2.24) is 0 Å². The zero-order valence-electron chi connectivity index (χ0n) is 11.7. The van der Waals surface area contributed by atoms with E-state index in [0.29, 0.717) is 29.9 Å². The van der Waals surface area contributed by atoms with Crippen molar-refractivity contribution in [2.75, 3.05) is 0 Å². The van der Waals surface area contributed by atoms with Crippen molar-refractivity contribution < 1.29 is 9.59 Å². The molecule has 18 heavy (non-hydrogen) atoms. The lowest BCUT2D eigenvalue weighted by atomic mass is 9.91. The molecule has 0 aliphatic rings. The van der Waals surface area contributed by atoms with Gasteiger partial charge < -0.3 is 0 Å². The van der Waals surface area contributed by atoms with Gasteiger partial charge in [-0.1, -0.05) is 27.7 Å². The van der Waals surface area contributed by atoms with Gasteiger partial charge in [-0.2, -0.15) is 0 Å². The molecule has 0 aromatic heterocycles. The summed E-state index contributed by atoms with van der Waals surface area (Å²) in [5.41, 5.74) is 2.44. The minimum absolute atomic E-state index is 0.102. The second-order valence-electron chi connectivity index (χ2n) is 4.71. The van der Waals surface area contributed by atoms with Gasteiger partial charge in [0.2, 0.25) is 0 Å². The average Bonchev–Trinajstić information content (AvgIpc) is 2.43. The molecule has 2 nitrogen and oxygen atoms in total. The van der Waals surface area contributed by atoms with Gasteiger partial charge in [0, 0.05) is 24.0 Å². The van der Waals surface area contributed by atoms with Gasteiger partial charge in [0.15, 0.2) is 11.6 Å². The maximum Gasteiger partial charge on any atom is 0.162 e. The third kappa shape index (κ3) is 3.28. The topological polar surface area (TPSA) is 34.1 Å². The first-order valence-electron chi connectivity index (χ1n) is 6.74. The number of Topliss-reactive ketones (excluding diaryl/α,β-unsaturated/α-hetero) is 2. The van der Waals surface area contributed by atoms with E-state index in [-0.39, 0.29) is 11.6 Å². The predicted molar refractivity (Wildman–Crippen MR) is 74.4 cm³/mol. The summed E-state index contributed by atoms with van der Waals surface area (Å²) < 4.78 is 0. The molecule has 1 atom stereocenters. The Bertz CT molecular complexity index is 412. The van der Waals surface area contributed by atoms with Crippen LogP contribution in [0.1, 0.15) is 79.2 Å². The average molecular weight is 246 g/mol. The molecule has 0 saturated carbocycles. The zero-order chi connectivity index (χ0) is 13.7. The Kier molecular flexibility index (Phi) is 5.26. The van der Waals surface area contributed by atoms with Gasteiger partial charge in [-0.15, -0.1) is 0 Å². The number of hydrogen-bond acceptors (Lipinski definition) is 2. The molecule has 0 saturated heterocycles. The summed E-state index contributed by atoms with van der Waals surface area (Å²) in [5.74, 6) is 0.577. The number of ketones is 2. The number of carbonyl (C=O) groups is 2. The van der Waals surface area contributed by atoms with Crippen LogP contribution in [0.4, 0.5) is 0 Å². The highest BCUT2D eigenvalue weighted by Gasteiger charge is 2.13. The van der Waals surface area contributed by atoms with Crippen molar-refractivity contribution in [3.8, 4) is 0 Å². The highest BCUT2D eigenvalue weighted by molar-refractivity contribution is 6.01. The molecule has 1 aromatic carbocycles. The molecule has 0 aliphatic heterocycles. The summed E-state index contributed by atoms with van der Waals surface area (Å²) in [6, 6.07) is 5.61. The Labute approximate surface area is 109 Å². The van der Waals surface area contributed by atoms with E-state index in [2.05, 4.69) is 13.8 Å². The Morgan fingerprint density at radius 3 is 1.72 bits per heavy atom. The molecule has 0 N–H and O–H groups in total. The van der Waals surface area contributed by atoms with E-state index in [1.807, 2.05) is 26.0 Å². The molecule has 1 rings (SSSR count). The van der Waals surface area contributed by atoms with Crippen LogP contribution < -0.4 is 0 Å². The van der Waals surface area contributed by atoms with Crippen LogP contribution in [0.15, 0.2) is 18.2 Å². The summed E-state index contributed by atoms with van der Waals surface area (Å²) in [7, 11) is 0. The first-order valence-corrected chi connectivity index (χ1v) is 6.74. The van der Waals surface area contributed by atoms with Crippen LogP contribution in [0.5, 0.6) is 0 Å². The van der Waals surface area contributed by atoms with E-state index >= 15 is 0 Å². The van der Waals surface area contributed by atoms with Gasteiger partial charge in [-0.3, -0.25) is 9.59 Å². The van der Waals surface area contributed by atoms with E-state index < -0.39 is 0 Å². The standard InChI is InChI=1S/C16H22O2/c1-5-11(4)12-8-13(15(17)6-2)10-14(9-12)16(18)7-3/h8-11H,5-7H2,1-4H3. The van der Waals surface area contributed by atoms with Crippen molar-refractivity contribution >= 4 is 11.6 Å². The van der Waals surface area contributed by atoms with Gasteiger partial charge >= 0.3 is 0 Å². The van der Waals surface area contributed by atoms with E-state index in [1.165, 1.54) is 0 Å². The molecular weight excluding hydrogens is 224 g/mol. The minimum atomic E-state index is 0.102. The smallest absolute Gasteiger partial charge is 0.162 e. The summed E-state index contributed by atoms with van der Waals surface area (Å²) >= 11 is 0. The van der Waals surface area contributed by atoms with Crippen LogP contribution in [0, 0.1) is 0 Å². The van der Waals surface area contributed by atoms with E-state index in [4.69, 9.17) is 0 Å². The Morgan fingerprint density at radius 2 is 1.39 bits per heavy atom. The van der Waals surface area contributed by atoms with Crippen LogP contribution in [0.2, 0.25) is 0 Å². The molecule has 0 bridgehead atoms. The third-order valence-corrected chi connectivity index (χ3v) is 3.42. The van der Waals surface area contributed by atoms with Gasteiger partial charge in [-0.05, 0) is 36.1 Å². The fourth-order valence-electron chi connectivity index (χ4n) is 1.90. The van der Waals surface area contributed by atoms with Crippen LogP contribution >= 0.6 is 0 Å². The molecule has 2 heteroatoms. The van der Waals surface area contributed by atoms with Crippen molar-refractivity contribution in [2.24, 2.45) is 0 Å². The molecule has 0 fully saturated rings. The van der Waals surface area contributed by atoms with Gasteiger partial charge in [-0.25, -0.2) is 0 Å². The highest BCUT2D eigenvalue weighted by Crippen LogP contribution is 2.23. The first-order chi connectivity index (χ1) is 8.53. The molecule has 0 amide bonds. The lowest BCUT2D eigenvalue weighted by molar-refractivity contribution is 0.0987. The molecular formula is C16H22O2. The van der Waals surface area contributed by atoms with Crippen LogP contribution in [0.3, 0.4) is 0 Å². The lowest BCUT2D eigenvalue weighted by Crippen LogP contribution is -2.05. The van der Waals surface area contributed by atoms with Gasteiger partial charge in [0.1, 0.15) is 0 Å². The second kappa shape index (κ2) is 6.48. The van der Waals surface area contributed by atoms with Gasteiger partial charge in [0.25, 0.3) is 0 Å². The highest BCUT2D eigenvalue weighted by atomic mass is 16.1. The van der Waals surface area contributed by atoms with Crippen molar-refractivity contribution in [2.45, 2.75) is 52.9 Å². The Morgan fingerprint density at radius 1 is 0.944 bits per heavy atom. The van der Waals surface area contributed by atoms with Crippen LogP contribution in [-0.2, 0) is 0 Å². The monoisotopic (exact) mass is 246 g/mol. The summed E-state index contributed by atoms with van der Waals surface area (Å²) in [6.45, 7) is 7.93. The molecule has 0 aliphatic carbocycles. The molecule has 0 spiro atoms. The lowest BCUT2D eigenvalue weighted by Gasteiger charge is -2.12. The maximum atomic E-state index is 11.8. The van der Waals surface area contributed by atoms with E-state index in [9.17, 15) is 9.59 Å². The van der Waals surface area contributed by atoms with Crippen molar-refractivity contribution in [3.63, 3.8) is 0 Å². The van der Waals surface area contributed by atoms with E-state index in [0.717, 1.165) is 12.0 Å². The summed E-state index contributed by atoms with van der Waals surface area (Å²) in [6.07, 6.45) is 1.96. The molecule has 1 unspecified atom stereocenters. The Hall–Kier alpha value is -1.44. The summed E-state index contributed by atoms with van der Waals surface area (Å²) in [5, 5.41) is 0. The maximum absolute atomic E-state index is 11.8. The van der Waals surface area contributed by atoms with E-state index in [1.54, 1.807) is 6.07 Å². The third-order valence-electron chi connectivity index (χ3n) is 3.42. The number of benzene rings is 1. The Balaban J connectivity index is 3.28. The zero-order valence-corrected chi connectivity index (χ0v) is 11.7. The van der Waals surface area contributed by atoms with Gasteiger partial charge in [0.05, 0.1) is 0 Å². The first kappa shape index (κ1) is 14.6. The largest absolute Gasteiger partial charge is 0.294 e. The number of carbonyl (C=O) groups excluding carboxylic acids is 2. The SMILES string of the molecule is CCC(=O)c1cc(C(=O)CC)cc(C(C)CC)c1. The quantitative estimate of drug-likeness (QED) is 0.698. The fraction of sp³-hybridized carbons (Fsp3) is 0.500. The normalized spacial score (nSPS) is 12.2. The molecule has 0 radical (unpaired) electrons. The van der Waals surface area contributed by atoms with Crippen LogP contribution in [-0.4, -0.2) is 11.6 Å².